The first-order valence-electron chi connectivity index (χ1n) is 7.30. The molecule has 0 saturated heterocycles. The lowest BCUT2D eigenvalue weighted by molar-refractivity contribution is 0.553. The van der Waals surface area contributed by atoms with E-state index in [2.05, 4.69) is 30.3 Å². The van der Waals surface area contributed by atoms with Crippen molar-refractivity contribution in [3.8, 4) is 28.3 Å². The maximum atomic E-state index is 6.16. The topological polar surface area (TPSA) is 18.1 Å². The van der Waals surface area contributed by atoms with Gasteiger partial charge in [0.2, 0.25) is 5.88 Å². The molecule has 2 heteroatoms. The van der Waals surface area contributed by atoms with Crippen molar-refractivity contribution < 1.29 is 4.42 Å². The van der Waals surface area contributed by atoms with Crippen LogP contribution in [0.25, 0.3) is 28.3 Å². The van der Waals surface area contributed by atoms with E-state index < -0.39 is 0 Å². The Bertz CT molecular complexity index is 802. The SMILES string of the molecule is c1ccc(-c2cc(-n3cccc3)oc2-c2ccccc2)cc1. The van der Waals surface area contributed by atoms with Crippen molar-refractivity contribution in [2.24, 2.45) is 0 Å². The van der Waals surface area contributed by atoms with E-state index in [9.17, 15) is 0 Å². The highest BCUT2D eigenvalue weighted by atomic mass is 16.4. The minimum atomic E-state index is 0.822. The van der Waals surface area contributed by atoms with Crippen LogP contribution in [0.1, 0.15) is 0 Å². The zero-order valence-electron chi connectivity index (χ0n) is 12.0. The van der Waals surface area contributed by atoms with Gasteiger partial charge in [0, 0.05) is 29.6 Å². The van der Waals surface area contributed by atoms with Crippen molar-refractivity contribution in [2.75, 3.05) is 0 Å². The number of benzene rings is 2. The van der Waals surface area contributed by atoms with Crippen LogP contribution in [0.5, 0.6) is 0 Å². The first kappa shape index (κ1) is 12.7. The maximum absolute atomic E-state index is 6.16. The number of hydrogen-bond donors (Lipinski definition) is 0. The molecule has 2 heterocycles. The minimum Gasteiger partial charge on any atom is -0.439 e. The van der Waals surface area contributed by atoms with Crippen LogP contribution >= 0.6 is 0 Å². The lowest BCUT2D eigenvalue weighted by Crippen LogP contribution is -1.84. The Kier molecular flexibility index (Phi) is 3.13. The van der Waals surface area contributed by atoms with Gasteiger partial charge in [-0.3, -0.25) is 4.57 Å². The van der Waals surface area contributed by atoms with Gasteiger partial charge in [-0.15, -0.1) is 0 Å². The van der Waals surface area contributed by atoms with Gasteiger partial charge in [0.15, 0.2) is 0 Å². The Balaban J connectivity index is 1.92. The predicted molar refractivity (Wildman–Crippen MR) is 88.9 cm³/mol. The molecule has 4 rings (SSSR count). The van der Waals surface area contributed by atoms with Gasteiger partial charge in [-0.2, -0.15) is 0 Å². The van der Waals surface area contributed by atoms with E-state index in [4.69, 9.17) is 4.42 Å². The van der Waals surface area contributed by atoms with Crippen LogP contribution < -0.4 is 0 Å². The zero-order chi connectivity index (χ0) is 14.8. The Hall–Kier alpha value is -3.00. The third kappa shape index (κ3) is 2.25. The molecule has 0 fully saturated rings. The molecular weight excluding hydrogens is 270 g/mol. The molecule has 0 atom stereocenters. The van der Waals surface area contributed by atoms with Gasteiger partial charge >= 0.3 is 0 Å². The number of nitrogens with zero attached hydrogens (tertiary/aromatic N) is 1. The third-order valence-corrected chi connectivity index (χ3v) is 3.70. The van der Waals surface area contributed by atoms with E-state index in [0.29, 0.717) is 0 Å². The van der Waals surface area contributed by atoms with Crippen molar-refractivity contribution in [1.82, 2.24) is 4.57 Å². The second kappa shape index (κ2) is 5.41. The van der Waals surface area contributed by atoms with E-state index in [0.717, 1.165) is 28.3 Å². The molecule has 2 aromatic heterocycles. The van der Waals surface area contributed by atoms with E-state index >= 15 is 0 Å². The normalized spacial score (nSPS) is 10.7. The summed E-state index contributed by atoms with van der Waals surface area (Å²) in [6.45, 7) is 0. The summed E-state index contributed by atoms with van der Waals surface area (Å²) in [6.07, 6.45) is 3.98. The summed E-state index contributed by atoms with van der Waals surface area (Å²) in [5.41, 5.74) is 3.35. The average Bonchev–Trinajstić information content (AvgIpc) is 3.26. The molecule has 2 nitrogen and oxygen atoms in total. The molecule has 0 aliphatic carbocycles. The highest BCUT2D eigenvalue weighted by molar-refractivity contribution is 5.81. The molecule has 0 amide bonds. The van der Waals surface area contributed by atoms with Gasteiger partial charge < -0.3 is 4.42 Å². The van der Waals surface area contributed by atoms with Crippen molar-refractivity contribution in [3.63, 3.8) is 0 Å². The average molecular weight is 285 g/mol. The van der Waals surface area contributed by atoms with Gasteiger partial charge in [0.05, 0.1) is 0 Å². The second-order valence-corrected chi connectivity index (χ2v) is 5.15. The van der Waals surface area contributed by atoms with Crippen molar-refractivity contribution in [3.05, 3.63) is 91.3 Å². The lowest BCUT2D eigenvalue weighted by Gasteiger charge is -2.02. The fourth-order valence-corrected chi connectivity index (χ4v) is 2.62. The maximum Gasteiger partial charge on any atom is 0.204 e. The molecule has 4 aromatic rings. The number of aromatic nitrogens is 1. The smallest absolute Gasteiger partial charge is 0.204 e. The molecule has 0 unspecified atom stereocenters. The first-order chi connectivity index (χ1) is 10.9. The molecule has 0 bridgehead atoms. The number of rotatable bonds is 3. The Morgan fingerprint density at radius 2 is 1.23 bits per heavy atom. The molecular formula is C20H15NO. The Morgan fingerprint density at radius 1 is 0.636 bits per heavy atom. The molecule has 0 spiro atoms. The summed E-state index contributed by atoms with van der Waals surface area (Å²) in [4.78, 5) is 0. The third-order valence-electron chi connectivity index (χ3n) is 3.70. The van der Waals surface area contributed by atoms with Gasteiger partial charge in [0.1, 0.15) is 5.76 Å². The van der Waals surface area contributed by atoms with Crippen LogP contribution in [0.15, 0.2) is 95.7 Å². The molecule has 22 heavy (non-hydrogen) atoms. The highest BCUT2D eigenvalue weighted by Crippen LogP contribution is 2.36. The largest absolute Gasteiger partial charge is 0.439 e. The molecule has 2 aromatic carbocycles. The summed E-state index contributed by atoms with van der Waals surface area (Å²) in [5.74, 6) is 1.72. The standard InChI is InChI=1S/C20H15NO/c1-3-9-16(10-4-1)18-15-19(21-13-7-8-14-21)22-20(18)17-11-5-2-6-12-17/h1-15H. The summed E-state index contributed by atoms with van der Waals surface area (Å²) < 4.78 is 8.15. The van der Waals surface area contributed by atoms with E-state index in [-0.39, 0.29) is 0 Å². The van der Waals surface area contributed by atoms with Crippen LogP contribution in [0, 0.1) is 0 Å². The van der Waals surface area contributed by atoms with Crippen LogP contribution in [0.4, 0.5) is 0 Å². The summed E-state index contributed by atoms with van der Waals surface area (Å²) >= 11 is 0. The molecule has 0 aliphatic rings. The van der Waals surface area contributed by atoms with Gasteiger partial charge in [-0.25, -0.2) is 0 Å². The van der Waals surface area contributed by atoms with Crippen LogP contribution in [0.3, 0.4) is 0 Å². The van der Waals surface area contributed by atoms with Crippen molar-refractivity contribution >= 4 is 0 Å². The fourth-order valence-electron chi connectivity index (χ4n) is 2.62. The Labute approximate surface area is 129 Å². The Morgan fingerprint density at radius 3 is 1.86 bits per heavy atom. The predicted octanol–water partition coefficient (Wildman–Crippen LogP) is 5.40. The monoisotopic (exact) mass is 285 g/mol. The molecule has 0 aliphatic heterocycles. The second-order valence-electron chi connectivity index (χ2n) is 5.15. The van der Waals surface area contributed by atoms with E-state index in [1.807, 2.05) is 65.5 Å². The van der Waals surface area contributed by atoms with E-state index in [1.165, 1.54) is 0 Å². The van der Waals surface area contributed by atoms with Gasteiger partial charge in [-0.1, -0.05) is 60.7 Å². The first-order valence-corrected chi connectivity index (χ1v) is 7.30. The van der Waals surface area contributed by atoms with Crippen molar-refractivity contribution in [1.29, 1.82) is 0 Å². The fraction of sp³-hybridized carbons (Fsp3) is 0. The van der Waals surface area contributed by atoms with Crippen LogP contribution in [-0.4, -0.2) is 4.57 Å². The molecule has 0 N–H and O–H groups in total. The minimum absolute atomic E-state index is 0.822. The van der Waals surface area contributed by atoms with Gasteiger partial charge in [-0.05, 0) is 17.7 Å². The number of furan rings is 1. The quantitative estimate of drug-likeness (QED) is 0.492. The molecule has 0 saturated carbocycles. The lowest BCUT2D eigenvalue weighted by atomic mass is 10.0. The highest BCUT2D eigenvalue weighted by Gasteiger charge is 2.15. The van der Waals surface area contributed by atoms with E-state index in [1.54, 1.807) is 0 Å². The van der Waals surface area contributed by atoms with Crippen LogP contribution in [-0.2, 0) is 0 Å². The van der Waals surface area contributed by atoms with Crippen LogP contribution in [0.2, 0.25) is 0 Å². The summed E-state index contributed by atoms with van der Waals surface area (Å²) in [5, 5.41) is 0. The summed E-state index contributed by atoms with van der Waals surface area (Å²) in [6, 6.07) is 26.6. The van der Waals surface area contributed by atoms with Crippen molar-refractivity contribution in [2.45, 2.75) is 0 Å². The zero-order valence-corrected chi connectivity index (χ0v) is 12.0. The van der Waals surface area contributed by atoms with Gasteiger partial charge in [0.25, 0.3) is 0 Å². The molecule has 106 valence electrons. The number of hydrogen-bond acceptors (Lipinski definition) is 1. The molecule has 0 radical (unpaired) electrons. The summed E-state index contributed by atoms with van der Waals surface area (Å²) in [7, 11) is 0.